The van der Waals surface area contributed by atoms with Gasteiger partial charge in [-0.3, -0.25) is 9.11 Å². The summed E-state index contributed by atoms with van der Waals surface area (Å²) >= 11 is 0. The number of aromatic hydroxyl groups is 2. The van der Waals surface area contributed by atoms with Crippen molar-refractivity contribution in [3.8, 4) is 11.5 Å². The number of hydrogen-bond acceptors (Lipinski definition) is 13. The third-order valence-electron chi connectivity index (χ3n) is 7.37. The van der Waals surface area contributed by atoms with Crippen LogP contribution in [-0.2, 0) is 20.2 Å². The van der Waals surface area contributed by atoms with Gasteiger partial charge >= 0.3 is 5.97 Å². The molecule has 0 spiro atoms. The Morgan fingerprint density at radius 1 is 0.510 bits per heavy atom. The van der Waals surface area contributed by atoms with E-state index >= 15 is 0 Å². The second kappa shape index (κ2) is 13.4. The SMILES string of the molecule is O=C(O)c1ccc(N=Nc2ccc(N=Nc3ccc(N=Nc4ccc5c(S(=O)(=O)O)cccc5c4O)c(O)c3)c3cc(S(=O)(=O)O)ccc23)cc1. The predicted molar refractivity (Wildman–Crippen MR) is 183 cm³/mol. The van der Waals surface area contributed by atoms with Crippen LogP contribution in [0.15, 0.2) is 144 Å². The largest absolute Gasteiger partial charge is 0.506 e. The monoisotopic (exact) mass is 726 g/mol. The van der Waals surface area contributed by atoms with Crippen LogP contribution in [-0.4, -0.2) is 47.2 Å². The first kappa shape index (κ1) is 34.4. The summed E-state index contributed by atoms with van der Waals surface area (Å²) in [6.45, 7) is 0. The van der Waals surface area contributed by atoms with E-state index in [9.17, 15) is 40.9 Å². The smallest absolute Gasteiger partial charge is 0.335 e. The number of hydrogen-bond donors (Lipinski definition) is 5. The fourth-order valence-corrected chi connectivity index (χ4v) is 6.11. The van der Waals surface area contributed by atoms with Crippen molar-refractivity contribution in [3.63, 3.8) is 0 Å². The molecule has 5 N–H and O–H groups in total. The van der Waals surface area contributed by atoms with Crippen molar-refractivity contribution in [1.82, 2.24) is 0 Å². The van der Waals surface area contributed by atoms with Gasteiger partial charge in [-0.2, -0.15) is 27.1 Å². The van der Waals surface area contributed by atoms with Gasteiger partial charge in [0.25, 0.3) is 20.2 Å². The van der Waals surface area contributed by atoms with Gasteiger partial charge in [0.1, 0.15) is 22.0 Å². The van der Waals surface area contributed by atoms with Gasteiger partial charge in [0.05, 0.1) is 33.2 Å². The summed E-state index contributed by atoms with van der Waals surface area (Å²) in [5.41, 5.74) is 0.998. The molecule has 0 unspecified atom stereocenters. The van der Waals surface area contributed by atoms with E-state index in [1.165, 1.54) is 97.1 Å². The Labute approximate surface area is 287 Å². The fourth-order valence-electron chi connectivity index (χ4n) is 4.90. The maximum atomic E-state index is 11.9. The zero-order chi connectivity index (χ0) is 36.5. The van der Waals surface area contributed by atoms with Crippen molar-refractivity contribution in [2.75, 3.05) is 0 Å². The van der Waals surface area contributed by atoms with Gasteiger partial charge in [0.2, 0.25) is 0 Å². The van der Waals surface area contributed by atoms with Crippen molar-refractivity contribution < 1.29 is 46.1 Å². The van der Waals surface area contributed by atoms with Gasteiger partial charge in [0.15, 0.2) is 5.75 Å². The summed E-state index contributed by atoms with van der Waals surface area (Å²) in [6, 6.07) is 23.1. The van der Waals surface area contributed by atoms with Crippen LogP contribution in [0.1, 0.15) is 10.4 Å². The normalized spacial score (nSPS) is 12.5. The van der Waals surface area contributed by atoms with E-state index in [-0.39, 0.29) is 50.2 Å². The number of aromatic carboxylic acids is 1. The number of phenols is 2. The molecule has 0 aliphatic heterocycles. The molecule has 51 heavy (non-hydrogen) atoms. The van der Waals surface area contributed by atoms with E-state index in [0.717, 1.165) is 0 Å². The summed E-state index contributed by atoms with van der Waals surface area (Å²) in [5, 5.41) is 55.8. The Balaban J connectivity index is 1.29. The number of carboxylic acid groups (broad SMARTS) is 1. The van der Waals surface area contributed by atoms with Gasteiger partial charge < -0.3 is 15.3 Å². The molecular formula is C33H22N6O10S2. The summed E-state index contributed by atoms with van der Waals surface area (Å²) in [6.07, 6.45) is 0. The molecule has 6 aromatic carbocycles. The highest BCUT2D eigenvalue weighted by Crippen LogP contribution is 2.40. The molecule has 0 saturated carbocycles. The summed E-state index contributed by atoms with van der Waals surface area (Å²) in [7, 11) is -9.15. The van der Waals surface area contributed by atoms with Crippen molar-refractivity contribution in [3.05, 3.63) is 109 Å². The lowest BCUT2D eigenvalue weighted by atomic mass is 10.1. The number of azo groups is 3. The Bertz CT molecular complexity index is 2700. The molecule has 0 aliphatic rings. The van der Waals surface area contributed by atoms with Gasteiger partial charge in [-0.05, 0) is 72.8 Å². The third kappa shape index (κ3) is 7.43. The van der Waals surface area contributed by atoms with Crippen LogP contribution in [0.25, 0.3) is 21.5 Å². The van der Waals surface area contributed by atoms with Gasteiger partial charge in [-0.25, -0.2) is 4.79 Å². The average molecular weight is 727 g/mol. The molecule has 256 valence electrons. The Morgan fingerprint density at radius 2 is 1.08 bits per heavy atom. The van der Waals surface area contributed by atoms with Crippen molar-refractivity contribution in [2.24, 2.45) is 30.7 Å². The standard InChI is InChI=1S/C33H22N6O10S2/c40-30-16-20(8-12-28(30)38-39-29-13-11-23-24(32(29)41)2-1-3-31(23)51(47,48)49)35-37-27-15-14-26(22-10-9-21(17-25(22)27)50(44,45)46)36-34-19-6-4-18(5-7-19)33(42)43/h1-17,40-41H,(H,42,43)(H,44,45,46)(H,47,48,49). The van der Waals surface area contributed by atoms with Crippen LogP contribution in [0.4, 0.5) is 34.1 Å². The molecule has 0 aliphatic carbocycles. The summed E-state index contributed by atoms with van der Waals surface area (Å²) in [4.78, 5) is 10.3. The maximum Gasteiger partial charge on any atom is 0.335 e. The maximum absolute atomic E-state index is 11.9. The lowest BCUT2D eigenvalue weighted by Gasteiger charge is -2.07. The number of nitrogens with zero attached hydrogens (tertiary/aromatic N) is 6. The van der Waals surface area contributed by atoms with E-state index in [1.54, 1.807) is 6.07 Å². The molecule has 6 aromatic rings. The highest BCUT2D eigenvalue weighted by molar-refractivity contribution is 7.86. The van der Waals surface area contributed by atoms with E-state index < -0.39 is 41.7 Å². The van der Waals surface area contributed by atoms with Gasteiger partial charge in [-0.1, -0.05) is 24.3 Å². The molecule has 0 amide bonds. The Morgan fingerprint density at radius 3 is 1.73 bits per heavy atom. The molecule has 0 fully saturated rings. The minimum Gasteiger partial charge on any atom is -0.506 e. The Hall–Kier alpha value is -6.47. The molecule has 0 saturated heterocycles. The molecule has 6 rings (SSSR count). The van der Waals surface area contributed by atoms with E-state index in [1.807, 2.05) is 0 Å². The van der Waals surface area contributed by atoms with Crippen LogP contribution in [0.3, 0.4) is 0 Å². The van der Waals surface area contributed by atoms with E-state index in [4.69, 9.17) is 5.11 Å². The van der Waals surface area contributed by atoms with Crippen LogP contribution in [0, 0.1) is 0 Å². The molecule has 0 radical (unpaired) electrons. The second-order valence-electron chi connectivity index (χ2n) is 10.7. The molecule has 16 nitrogen and oxygen atoms in total. The fraction of sp³-hybridized carbons (Fsp3) is 0. The minimum absolute atomic E-state index is 0.0179. The zero-order valence-corrected chi connectivity index (χ0v) is 27.2. The summed E-state index contributed by atoms with van der Waals surface area (Å²) in [5.74, 6) is -1.87. The molecular weight excluding hydrogens is 705 g/mol. The van der Waals surface area contributed by atoms with Crippen LogP contribution >= 0.6 is 0 Å². The molecule has 0 aromatic heterocycles. The summed E-state index contributed by atoms with van der Waals surface area (Å²) < 4.78 is 66.3. The number of carboxylic acids is 1. The third-order valence-corrected chi connectivity index (χ3v) is 9.14. The quantitative estimate of drug-likeness (QED) is 0.0697. The van der Waals surface area contributed by atoms with Crippen LogP contribution in [0.5, 0.6) is 11.5 Å². The predicted octanol–water partition coefficient (Wildman–Crippen LogP) is 8.84. The molecule has 18 heteroatoms. The molecule has 0 heterocycles. The number of fused-ring (bicyclic) bond motifs is 2. The lowest BCUT2D eigenvalue weighted by Crippen LogP contribution is -1.98. The highest BCUT2D eigenvalue weighted by Gasteiger charge is 2.17. The van der Waals surface area contributed by atoms with Crippen LogP contribution in [0.2, 0.25) is 0 Å². The van der Waals surface area contributed by atoms with E-state index in [0.29, 0.717) is 16.8 Å². The first-order valence-corrected chi connectivity index (χ1v) is 17.2. The first-order valence-electron chi connectivity index (χ1n) is 14.4. The highest BCUT2D eigenvalue weighted by atomic mass is 32.2. The number of phenolic OH excluding ortho intramolecular Hbond substituents is 2. The van der Waals surface area contributed by atoms with Crippen LogP contribution < -0.4 is 0 Å². The minimum atomic E-state index is -4.59. The number of benzene rings is 6. The number of rotatable bonds is 9. The van der Waals surface area contributed by atoms with Gasteiger partial charge in [-0.15, -0.1) is 20.5 Å². The van der Waals surface area contributed by atoms with Gasteiger partial charge in [0, 0.05) is 27.6 Å². The molecule has 0 atom stereocenters. The topological polar surface area (TPSA) is 261 Å². The Kier molecular flexibility index (Phi) is 9.07. The number of carbonyl (C=O) groups is 1. The van der Waals surface area contributed by atoms with Crippen molar-refractivity contribution in [1.29, 1.82) is 0 Å². The second-order valence-corrected chi connectivity index (χ2v) is 13.5. The van der Waals surface area contributed by atoms with Crippen molar-refractivity contribution in [2.45, 2.75) is 9.79 Å². The average Bonchev–Trinajstić information content (AvgIpc) is 3.09. The first-order chi connectivity index (χ1) is 24.2. The van der Waals surface area contributed by atoms with Crippen molar-refractivity contribution >= 4 is 81.9 Å². The molecule has 0 bridgehead atoms. The van der Waals surface area contributed by atoms with E-state index in [2.05, 4.69) is 30.7 Å². The lowest BCUT2D eigenvalue weighted by molar-refractivity contribution is 0.0696. The zero-order valence-electron chi connectivity index (χ0n) is 25.6.